The van der Waals surface area contributed by atoms with E-state index < -0.39 is 48.4 Å². The van der Waals surface area contributed by atoms with Gasteiger partial charge in [-0.15, -0.1) is 0 Å². The highest BCUT2D eigenvalue weighted by atomic mass is 16.8. The smallest absolute Gasteiger partial charge is 0.344 e. The first-order chi connectivity index (χ1) is 15.9. The van der Waals surface area contributed by atoms with Gasteiger partial charge in [-0.25, -0.2) is 9.59 Å². The second-order valence-electron chi connectivity index (χ2n) is 7.76. The van der Waals surface area contributed by atoms with Crippen LogP contribution in [0.4, 0.5) is 0 Å². The Balaban J connectivity index is 1.52. The lowest BCUT2D eigenvalue weighted by Gasteiger charge is -2.40. The number of rotatable bonds is 6. The SMILES string of the molecule is CC1OC2OC(C)(C#N)OC2C(OC(=O)COc2ccccc2)C1OC(=O)c1ccccc1. The molecule has 0 amide bonds. The van der Waals surface area contributed by atoms with E-state index >= 15 is 0 Å². The van der Waals surface area contributed by atoms with Gasteiger partial charge >= 0.3 is 11.9 Å². The molecule has 0 bridgehead atoms. The molecule has 0 aromatic heterocycles. The molecule has 2 aromatic carbocycles. The van der Waals surface area contributed by atoms with E-state index in [0.29, 0.717) is 11.3 Å². The lowest BCUT2D eigenvalue weighted by atomic mass is 9.99. The van der Waals surface area contributed by atoms with E-state index in [0.717, 1.165) is 0 Å². The van der Waals surface area contributed by atoms with Crippen molar-refractivity contribution < 1.29 is 38.0 Å². The lowest BCUT2D eigenvalue weighted by Crippen LogP contribution is -2.58. The van der Waals surface area contributed by atoms with Crippen molar-refractivity contribution in [3.8, 4) is 11.8 Å². The van der Waals surface area contributed by atoms with Gasteiger partial charge in [0.2, 0.25) is 0 Å². The fourth-order valence-electron chi connectivity index (χ4n) is 3.66. The van der Waals surface area contributed by atoms with Gasteiger partial charge in [-0.1, -0.05) is 36.4 Å². The highest BCUT2D eigenvalue weighted by molar-refractivity contribution is 5.89. The standard InChI is InChI=1S/C24H23NO8/c1-15-19(31-22(27)16-9-5-3-6-10-16)20(21-23(29-15)33-24(2,14-25)32-21)30-18(26)13-28-17-11-7-4-8-12-17/h3-12,15,19-21,23H,13H2,1-2H3. The summed E-state index contributed by atoms with van der Waals surface area (Å²) in [6.07, 6.45) is -4.78. The first-order valence-corrected chi connectivity index (χ1v) is 10.4. The monoisotopic (exact) mass is 453 g/mol. The maximum absolute atomic E-state index is 12.7. The summed E-state index contributed by atoms with van der Waals surface area (Å²) in [5.74, 6) is -2.42. The molecule has 6 unspecified atom stereocenters. The predicted molar refractivity (Wildman–Crippen MR) is 112 cm³/mol. The minimum atomic E-state index is -1.60. The summed E-state index contributed by atoms with van der Waals surface area (Å²) in [7, 11) is 0. The van der Waals surface area contributed by atoms with Crippen molar-refractivity contribution in [1.29, 1.82) is 5.26 Å². The molecule has 6 atom stereocenters. The second-order valence-corrected chi connectivity index (χ2v) is 7.76. The number of hydrogen-bond acceptors (Lipinski definition) is 9. The largest absolute Gasteiger partial charge is 0.482 e. The Labute approximate surface area is 190 Å². The van der Waals surface area contributed by atoms with Gasteiger partial charge in [-0.2, -0.15) is 5.26 Å². The third kappa shape index (κ3) is 5.14. The molecular weight excluding hydrogens is 430 g/mol. The number of carbonyl (C=O) groups is 2. The quantitative estimate of drug-likeness (QED) is 0.609. The summed E-state index contributed by atoms with van der Waals surface area (Å²) in [5.41, 5.74) is 0.328. The van der Waals surface area contributed by atoms with Crippen LogP contribution in [0.15, 0.2) is 60.7 Å². The number of esters is 2. The third-order valence-corrected chi connectivity index (χ3v) is 5.25. The fraction of sp³-hybridized carbons (Fsp3) is 0.375. The Kier molecular flexibility index (Phi) is 6.60. The summed E-state index contributed by atoms with van der Waals surface area (Å²) in [5, 5.41) is 9.41. The number of para-hydroxylation sites is 1. The molecule has 0 spiro atoms. The minimum Gasteiger partial charge on any atom is -0.482 e. The van der Waals surface area contributed by atoms with Crippen molar-refractivity contribution in [2.24, 2.45) is 0 Å². The van der Waals surface area contributed by atoms with Crippen LogP contribution >= 0.6 is 0 Å². The van der Waals surface area contributed by atoms with Crippen LogP contribution in [0.25, 0.3) is 0 Å². The van der Waals surface area contributed by atoms with E-state index in [1.807, 2.05) is 12.1 Å². The predicted octanol–water partition coefficient (Wildman–Crippen LogP) is 2.60. The summed E-state index contributed by atoms with van der Waals surface area (Å²) in [4.78, 5) is 25.3. The van der Waals surface area contributed by atoms with E-state index in [9.17, 15) is 14.9 Å². The van der Waals surface area contributed by atoms with E-state index in [4.69, 9.17) is 28.4 Å². The average molecular weight is 453 g/mol. The van der Waals surface area contributed by atoms with E-state index in [1.165, 1.54) is 6.92 Å². The van der Waals surface area contributed by atoms with E-state index in [-0.39, 0.29) is 6.61 Å². The Morgan fingerprint density at radius 2 is 1.67 bits per heavy atom. The van der Waals surface area contributed by atoms with Crippen molar-refractivity contribution in [3.63, 3.8) is 0 Å². The third-order valence-electron chi connectivity index (χ3n) is 5.25. The topological polar surface area (TPSA) is 113 Å². The maximum Gasteiger partial charge on any atom is 0.344 e. The van der Waals surface area contributed by atoms with Crippen LogP contribution in [0.2, 0.25) is 0 Å². The van der Waals surface area contributed by atoms with E-state index in [1.54, 1.807) is 61.5 Å². The van der Waals surface area contributed by atoms with Crippen molar-refractivity contribution in [1.82, 2.24) is 0 Å². The number of fused-ring (bicyclic) bond motifs is 1. The second kappa shape index (κ2) is 9.58. The molecule has 172 valence electrons. The molecule has 0 N–H and O–H groups in total. The van der Waals surface area contributed by atoms with Crippen LogP contribution in [0, 0.1) is 11.3 Å². The summed E-state index contributed by atoms with van der Waals surface area (Å²) in [6.45, 7) is 2.72. The zero-order valence-corrected chi connectivity index (χ0v) is 18.1. The summed E-state index contributed by atoms with van der Waals surface area (Å²) < 4.78 is 33.9. The van der Waals surface area contributed by atoms with Crippen LogP contribution in [0.5, 0.6) is 5.75 Å². The van der Waals surface area contributed by atoms with Gasteiger partial charge < -0.3 is 28.4 Å². The van der Waals surface area contributed by atoms with Crippen LogP contribution in [0.1, 0.15) is 24.2 Å². The number of carbonyl (C=O) groups excluding carboxylic acids is 2. The number of nitrogens with zero attached hydrogens (tertiary/aromatic N) is 1. The maximum atomic E-state index is 12.7. The van der Waals surface area contributed by atoms with Gasteiger partial charge in [0, 0.05) is 6.92 Å². The van der Waals surface area contributed by atoms with Gasteiger partial charge in [0.25, 0.3) is 5.79 Å². The number of benzene rings is 2. The van der Waals surface area contributed by atoms with Crippen LogP contribution in [-0.4, -0.2) is 55.0 Å². The van der Waals surface area contributed by atoms with Gasteiger partial charge in [0.1, 0.15) is 11.8 Å². The number of ether oxygens (including phenoxy) is 6. The Morgan fingerprint density at radius 1 is 1.00 bits per heavy atom. The Morgan fingerprint density at radius 3 is 2.33 bits per heavy atom. The molecule has 2 fully saturated rings. The molecule has 2 heterocycles. The zero-order chi connectivity index (χ0) is 23.4. The molecule has 0 saturated carbocycles. The lowest BCUT2D eigenvalue weighted by molar-refractivity contribution is -0.249. The molecule has 2 aromatic rings. The molecule has 33 heavy (non-hydrogen) atoms. The molecule has 2 aliphatic rings. The Hall–Kier alpha value is -3.45. The van der Waals surface area contributed by atoms with Gasteiger partial charge in [0.05, 0.1) is 11.7 Å². The molecule has 9 heteroatoms. The normalized spacial score (nSPS) is 30.5. The first-order valence-electron chi connectivity index (χ1n) is 10.4. The van der Waals surface area contributed by atoms with Crippen LogP contribution in [-0.2, 0) is 28.5 Å². The summed E-state index contributed by atoms with van der Waals surface area (Å²) in [6, 6.07) is 19.1. The zero-order valence-electron chi connectivity index (χ0n) is 18.1. The highest BCUT2D eigenvalue weighted by Crippen LogP contribution is 2.38. The number of hydrogen-bond donors (Lipinski definition) is 0. The summed E-state index contributed by atoms with van der Waals surface area (Å²) >= 11 is 0. The minimum absolute atomic E-state index is 0.328. The average Bonchev–Trinajstić information content (AvgIpc) is 3.17. The molecule has 9 nitrogen and oxygen atoms in total. The molecule has 2 aliphatic heterocycles. The van der Waals surface area contributed by atoms with Crippen molar-refractivity contribution in [2.75, 3.05) is 6.61 Å². The Bertz CT molecular complexity index is 1020. The fourth-order valence-corrected chi connectivity index (χ4v) is 3.66. The van der Waals surface area contributed by atoms with Crippen molar-refractivity contribution in [2.45, 2.75) is 50.3 Å². The highest BCUT2D eigenvalue weighted by Gasteiger charge is 2.58. The van der Waals surface area contributed by atoms with Crippen molar-refractivity contribution in [3.05, 3.63) is 66.2 Å². The molecular formula is C24H23NO8. The molecule has 0 aliphatic carbocycles. The van der Waals surface area contributed by atoms with Crippen LogP contribution < -0.4 is 4.74 Å². The van der Waals surface area contributed by atoms with E-state index in [2.05, 4.69) is 0 Å². The molecule has 0 radical (unpaired) electrons. The van der Waals surface area contributed by atoms with Gasteiger partial charge in [-0.3, -0.25) is 0 Å². The number of nitriles is 1. The van der Waals surface area contributed by atoms with Gasteiger partial charge in [0.15, 0.2) is 31.2 Å². The van der Waals surface area contributed by atoms with Crippen molar-refractivity contribution >= 4 is 11.9 Å². The van der Waals surface area contributed by atoms with Crippen LogP contribution in [0.3, 0.4) is 0 Å². The first kappa shape index (κ1) is 22.7. The van der Waals surface area contributed by atoms with Gasteiger partial charge in [-0.05, 0) is 31.2 Å². The molecule has 2 saturated heterocycles. The molecule has 4 rings (SSSR count).